The van der Waals surface area contributed by atoms with Gasteiger partial charge in [-0.15, -0.1) is 0 Å². The van der Waals surface area contributed by atoms with Crippen LogP contribution < -0.4 is 0 Å². The summed E-state index contributed by atoms with van der Waals surface area (Å²) in [4.78, 5) is 35.0. The first-order valence-electron chi connectivity index (χ1n) is 11.6. The molecule has 0 heterocycles. The first kappa shape index (κ1) is 38.1. The molecule has 8 nitrogen and oxygen atoms in total. The Morgan fingerprint density at radius 3 is 1.55 bits per heavy atom. The van der Waals surface area contributed by atoms with Crippen LogP contribution in [0.3, 0.4) is 0 Å². The molecule has 0 rings (SSSR count). The molecule has 0 aliphatic carbocycles. The summed E-state index contributed by atoms with van der Waals surface area (Å²) >= 11 is 0. The number of unbranched alkanes of at least 4 members (excludes halogenated alkanes) is 12. The summed E-state index contributed by atoms with van der Waals surface area (Å²) < 4.78 is 40.6. The Morgan fingerprint density at radius 2 is 1.15 bits per heavy atom. The van der Waals surface area contributed by atoms with Crippen molar-refractivity contribution in [2.45, 2.75) is 115 Å². The Kier molecular flexibility index (Phi) is 27.9. The Labute approximate surface area is 244 Å². The van der Waals surface area contributed by atoms with E-state index in [4.69, 9.17) is 4.55 Å². The van der Waals surface area contributed by atoms with Crippen LogP contribution in [0.2, 0.25) is 0 Å². The molecular formula is C22H42Na2O8S. The zero-order chi connectivity index (χ0) is 23.5. The molecule has 0 fully saturated rings. The normalized spacial score (nSPS) is 11.6. The number of hydrogen-bond donors (Lipinski definition) is 1. The minimum atomic E-state index is -4.85. The molecule has 0 radical (unpaired) electrons. The van der Waals surface area contributed by atoms with Gasteiger partial charge in [0.25, 0.3) is 10.1 Å². The summed E-state index contributed by atoms with van der Waals surface area (Å²) in [6.45, 7) is 3.56. The number of ether oxygens (including phenoxy) is 2. The summed E-state index contributed by atoms with van der Waals surface area (Å²) in [5.74, 6) is -3.22. The van der Waals surface area contributed by atoms with E-state index >= 15 is 0 Å². The van der Waals surface area contributed by atoms with E-state index in [1.165, 1.54) is 64.7 Å². The van der Waals surface area contributed by atoms with E-state index in [1.807, 2.05) is 0 Å². The van der Waals surface area contributed by atoms with E-state index < -0.39 is 39.7 Å². The predicted octanol–water partition coefficient (Wildman–Crippen LogP) is 3.45. The van der Waals surface area contributed by atoms with Gasteiger partial charge < -0.3 is 9.47 Å². The van der Waals surface area contributed by atoms with Crippen LogP contribution in [0.1, 0.15) is 110 Å². The molecular weight excluding hydrogens is 470 g/mol. The number of carbonyl (C=O) groups excluding carboxylic acids is 3. The number of esters is 3. The maximum absolute atomic E-state index is 11.7. The average Bonchev–Trinajstić information content (AvgIpc) is 2.69. The van der Waals surface area contributed by atoms with E-state index in [1.54, 1.807) is 0 Å². The second-order valence-corrected chi connectivity index (χ2v) is 9.40. The molecule has 0 saturated heterocycles. The fourth-order valence-corrected chi connectivity index (χ4v) is 3.86. The van der Waals surface area contributed by atoms with Crippen LogP contribution in [0.15, 0.2) is 0 Å². The molecule has 33 heavy (non-hydrogen) atoms. The SMILES string of the molecule is CCCCCCCCCCCCCCCC(=O)OC(=O)CC(C(=O)OCC)S(=O)(=O)O.[NaH].[NaH]. The van der Waals surface area contributed by atoms with E-state index in [0.29, 0.717) is 6.42 Å². The summed E-state index contributed by atoms with van der Waals surface area (Å²) in [5, 5.41) is -2.09. The van der Waals surface area contributed by atoms with Crippen molar-refractivity contribution in [3.05, 3.63) is 0 Å². The monoisotopic (exact) mass is 512 g/mol. The average molecular weight is 513 g/mol. The van der Waals surface area contributed by atoms with Gasteiger partial charge in [-0.1, -0.05) is 84.0 Å². The third-order valence-corrected chi connectivity index (χ3v) is 6.05. The third-order valence-electron chi connectivity index (χ3n) is 4.97. The Hall–Kier alpha value is 0.520. The van der Waals surface area contributed by atoms with Gasteiger partial charge in [-0.3, -0.25) is 18.9 Å². The second kappa shape index (κ2) is 24.2. The molecule has 186 valence electrons. The zero-order valence-electron chi connectivity index (χ0n) is 19.1. The summed E-state index contributed by atoms with van der Waals surface area (Å²) in [7, 11) is -4.85. The molecule has 0 aromatic rings. The number of carbonyl (C=O) groups is 3. The second-order valence-electron chi connectivity index (χ2n) is 7.80. The summed E-state index contributed by atoms with van der Waals surface area (Å²) in [6, 6.07) is 0. The third kappa shape index (κ3) is 22.7. The van der Waals surface area contributed by atoms with Gasteiger partial charge >= 0.3 is 77.0 Å². The first-order valence-corrected chi connectivity index (χ1v) is 13.1. The molecule has 11 heteroatoms. The standard InChI is InChI=1S/C22H40O8S.2Na.2H/c1-3-5-6-7-8-9-10-11-12-13-14-15-16-17-20(23)30-21(24)18-19(31(26,27)28)22(25)29-4-2;;;;/h19H,3-18H2,1-2H3,(H,26,27,28);;;;. The van der Waals surface area contributed by atoms with Crippen LogP contribution in [0.5, 0.6) is 0 Å². The van der Waals surface area contributed by atoms with Crippen LogP contribution in [0.25, 0.3) is 0 Å². The van der Waals surface area contributed by atoms with Gasteiger partial charge in [-0.2, -0.15) is 8.42 Å². The van der Waals surface area contributed by atoms with Crippen molar-refractivity contribution in [2.75, 3.05) is 6.61 Å². The minimum absolute atomic E-state index is 0. The van der Waals surface area contributed by atoms with E-state index in [2.05, 4.69) is 16.4 Å². The van der Waals surface area contributed by atoms with Crippen LogP contribution in [0.4, 0.5) is 0 Å². The van der Waals surface area contributed by atoms with Gasteiger partial charge in [-0.25, -0.2) is 0 Å². The zero-order valence-corrected chi connectivity index (χ0v) is 19.9. The van der Waals surface area contributed by atoms with Gasteiger partial charge in [0.1, 0.15) is 0 Å². The van der Waals surface area contributed by atoms with Crippen molar-refractivity contribution in [3.8, 4) is 0 Å². The predicted molar refractivity (Wildman–Crippen MR) is 132 cm³/mol. The quantitative estimate of drug-likeness (QED) is 0.0918. The van der Waals surface area contributed by atoms with Gasteiger partial charge in [-0.05, 0) is 13.3 Å². The van der Waals surface area contributed by atoms with Crippen LogP contribution >= 0.6 is 0 Å². The van der Waals surface area contributed by atoms with Crippen LogP contribution in [-0.2, 0) is 34.0 Å². The maximum atomic E-state index is 11.7. The molecule has 0 bridgehead atoms. The van der Waals surface area contributed by atoms with Crippen molar-refractivity contribution < 1.29 is 36.8 Å². The number of rotatable bonds is 19. The molecule has 0 aliphatic heterocycles. The van der Waals surface area contributed by atoms with Crippen LogP contribution in [-0.4, -0.2) is 102 Å². The number of hydrogen-bond acceptors (Lipinski definition) is 7. The Bertz CT molecular complexity index is 626. The van der Waals surface area contributed by atoms with E-state index in [-0.39, 0.29) is 72.1 Å². The molecule has 1 N–H and O–H groups in total. The molecule has 1 atom stereocenters. The fourth-order valence-electron chi connectivity index (χ4n) is 3.20. The van der Waals surface area contributed by atoms with Crippen LogP contribution in [0, 0.1) is 0 Å². The molecule has 0 aromatic heterocycles. The molecule has 0 saturated carbocycles. The fraction of sp³-hybridized carbons (Fsp3) is 0.864. The Morgan fingerprint density at radius 1 is 0.727 bits per heavy atom. The molecule has 0 aliphatic rings. The van der Waals surface area contributed by atoms with Crippen molar-refractivity contribution in [3.63, 3.8) is 0 Å². The Balaban J connectivity index is -0.00000450. The van der Waals surface area contributed by atoms with Crippen molar-refractivity contribution >= 4 is 87.1 Å². The molecule has 0 amide bonds. The van der Waals surface area contributed by atoms with Gasteiger partial charge in [0.2, 0.25) is 0 Å². The van der Waals surface area contributed by atoms with E-state index in [9.17, 15) is 22.8 Å². The summed E-state index contributed by atoms with van der Waals surface area (Å²) in [5.41, 5.74) is 0. The van der Waals surface area contributed by atoms with Crippen molar-refractivity contribution in [1.29, 1.82) is 0 Å². The molecule has 1 unspecified atom stereocenters. The van der Waals surface area contributed by atoms with Gasteiger partial charge in [0.05, 0.1) is 13.0 Å². The van der Waals surface area contributed by atoms with Gasteiger partial charge in [0.15, 0.2) is 5.25 Å². The topological polar surface area (TPSA) is 124 Å². The van der Waals surface area contributed by atoms with E-state index in [0.717, 1.165) is 19.3 Å². The van der Waals surface area contributed by atoms with Gasteiger partial charge in [0, 0.05) is 6.42 Å². The summed E-state index contributed by atoms with van der Waals surface area (Å²) in [6.07, 6.45) is 14.2. The van der Waals surface area contributed by atoms with Crippen molar-refractivity contribution in [1.82, 2.24) is 0 Å². The molecule has 0 spiro atoms. The van der Waals surface area contributed by atoms with Crippen molar-refractivity contribution in [2.24, 2.45) is 0 Å². The first-order chi connectivity index (χ1) is 14.7. The molecule has 0 aromatic carbocycles.